The lowest BCUT2D eigenvalue weighted by atomic mass is 10.1. The molecule has 96 valence electrons. The Morgan fingerprint density at radius 1 is 1.24 bits per heavy atom. The predicted octanol–water partition coefficient (Wildman–Crippen LogP) is 1.84. The van der Waals surface area contributed by atoms with Crippen molar-refractivity contribution < 1.29 is 0 Å². The van der Waals surface area contributed by atoms with Crippen molar-refractivity contribution in [3.63, 3.8) is 0 Å². The molecule has 0 aliphatic carbocycles. The molecule has 4 N–H and O–H groups in total. The summed E-state index contributed by atoms with van der Waals surface area (Å²) < 4.78 is 0. The van der Waals surface area contributed by atoms with Crippen LogP contribution in [0.25, 0.3) is 0 Å². The van der Waals surface area contributed by atoms with E-state index in [1.807, 2.05) is 19.9 Å². The van der Waals surface area contributed by atoms with E-state index in [0.717, 1.165) is 24.6 Å². The van der Waals surface area contributed by atoms with E-state index in [1.165, 1.54) is 6.42 Å². The molecule has 0 aromatic carbocycles. The first-order valence-corrected chi connectivity index (χ1v) is 6.10. The van der Waals surface area contributed by atoms with Crippen LogP contribution in [0.5, 0.6) is 0 Å². The molecule has 0 spiro atoms. The Morgan fingerprint density at radius 3 is 2.47 bits per heavy atom. The van der Waals surface area contributed by atoms with E-state index in [9.17, 15) is 0 Å². The third kappa shape index (κ3) is 6.06. The second-order valence-corrected chi connectivity index (χ2v) is 4.91. The molecule has 0 aliphatic rings. The maximum atomic E-state index is 5.90. The maximum Gasteiger partial charge on any atom is 0.131 e. The Kier molecular flexibility index (Phi) is 5.15. The summed E-state index contributed by atoms with van der Waals surface area (Å²) in [4.78, 5) is 8.32. The zero-order chi connectivity index (χ0) is 12.7. The van der Waals surface area contributed by atoms with Gasteiger partial charge in [-0.15, -0.1) is 0 Å². The second-order valence-electron chi connectivity index (χ2n) is 4.91. The number of hydrogen-bond donors (Lipinski definition) is 3. The second kappa shape index (κ2) is 6.39. The predicted molar refractivity (Wildman–Crippen MR) is 72.2 cm³/mol. The van der Waals surface area contributed by atoms with E-state index in [0.29, 0.717) is 6.54 Å². The summed E-state index contributed by atoms with van der Waals surface area (Å²) in [5, 5.41) is 6.46. The zero-order valence-corrected chi connectivity index (χ0v) is 11.0. The van der Waals surface area contributed by atoms with Crippen molar-refractivity contribution in [1.29, 1.82) is 0 Å². The van der Waals surface area contributed by atoms with Gasteiger partial charge in [0, 0.05) is 24.7 Å². The van der Waals surface area contributed by atoms with Gasteiger partial charge in [-0.3, -0.25) is 0 Å². The molecular weight excluding hydrogens is 214 g/mol. The summed E-state index contributed by atoms with van der Waals surface area (Å²) >= 11 is 0. The average Bonchev–Trinajstić information content (AvgIpc) is 2.27. The number of nitrogens with one attached hydrogen (secondary N) is 2. The molecule has 0 aliphatic heterocycles. The molecule has 0 saturated carbocycles. The van der Waals surface area contributed by atoms with Gasteiger partial charge in [0.15, 0.2) is 0 Å². The van der Waals surface area contributed by atoms with Gasteiger partial charge in [0.2, 0.25) is 0 Å². The summed E-state index contributed by atoms with van der Waals surface area (Å²) in [7, 11) is 0. The summed E-state index contributed by atoms with van der Waals surface area (Å²) in [5.41, 5.74) is 5.65. The minimum Gasteiger partial charge on any atom is -0.370 e. The fourth-order valence-electron chi connectivity index (χ4n) is 1.26. The number of unbranched alkanes of at least 4 members (excludes halogenated alkanes) is 1. The van der Waals surface area contributed by atoms with Gasteiger partial charge < -0.3 is 16.4 Å². The van der Waals surface area contributed by atoms with Gasteiger partial charge in [-0.2, -0.15) is 0 Å². The van der Waals surface area contributed by atoms with E-state index in [2.05, 4.69) is 27.5 Å². The fraction of sp³-hybridized carbons (Fsp3) is 0.667. The normalized spacial score (nSPS) is 11.3. The SMILES string of the molecule is CCCCNc1cc(NCC(C)(C)N)ncn1. The highest BCUT2D eigenvalue weighted by Gasteiger charge is 2.10. The van der Waals surface area contributed by atoms with Crippen molar-refractivity contribution in [1.82, 2.24) is 9.97 Å². The van der Waals surface area contributed by atoms with Gasteiger partial charge in [0.25, 0.3) is 0 Å². The highest BCUT2D eigenvalue weighted by atomic mass is 15.1. The molecule has 17 heavy (non-hydrogen) atoms. The Labute approximate surface area is 103 Å². The van der Waals surface area contributed by atoms with Crippen LogP contribution in [-0.2, 0) is 0 Å². The molecule has 0 radical (unpaired) electrons. The lowest BCUT2D eigenvalue weighted by Gasteiger charge is -2.19. The summed E-state index contributed by atoms with van der Waals surface area (Å²) in [6.45, 7) is 7.73. The Hall–Kier alpha value is -1.36. The molecule has 5 nitrogen and oxygen atoms in total. The first-order chi connectivity index (χ1) is 8.01. The number of nitrogens with zero attached hydrogens (tertiary/aromatic N) is 2. The van der Waals surface area contributed by atoms with Crippen molar-refractivity contribution in [2.24, 2.45) is 5.73 Å². The standard InChI is InChI=1S/C12H23N5/c1-4-5-6-14-10-7-11(17-9-16-10)15-8-12(2,3)13/h7,9H,4-6,8,13H2,1-3H3,(H2,14,15,16,17). The highest BCUT2D eigenvalue weighted by Crippen LogP contribution is 2.09. The third-order valence-electron chi connectivity index (χ3n) is 2.23. The highest BCUT2D eigenvalue weighted by molar-refractivity contribution is 5.46. The molecule has 1 heterocycles. The van der Waals surface area contributed by atoms with Gasteiger partial charge in [-0.05, 0) is 20.3 Å². The molecule has 5 heteroatoms. The number of nitrogens with two attached hydrogens (primary N) is 1. The van der Waals surface area contributed by atoms with Crippen molar-refractivity contribution in [2.45, 2.75) is 39.2 Å². The minimum atomic E-state index is -0.249. The molecular formula is C12H23N5. The van der Waals surface area contributed by atoms with Crippen LogP contribution in [0.3, 0.4) is 0 Å². The van der Waals surface area contributed by atoms with Gasteiger partial charge >= 0.3 is 0 Å². The fourth-order valence-corrected chi connectivity index (χ4v) is 1.26. The Balaban J connectivity index is 2.48. The number of hydrogen-bond acceptors (Lipinski definition) is 5. The molecule has 1 rings (SSSR count). The Bertz CT molecular complexity index is 332. The van der Waals surface area contributed by atoms with E-state index in [-0.39, 0.29) is 5.54 Å². The Morgan fingerprint density at radius 2 is 1.88 bits per heavy atom. The average molecular weight is 237 g/mol. The number of anilines is 2. The summed E-state index contributed by atoms with van der Waals surface area (Å²) in [5.74, 6) is 1.66. The van der Waals surface area contributed by atoms with E-state index < -0.39 is 0 Å². The summed E-state index contributed by atoms with van der Waals surface area (Å²) in [6, 6.07) is 1.90. The molecule has 1 aromatic heterocycles. The molecule has 0 unspecified atom stereocenters. The van der Waals surface area contributed by atoms with E-state index in [4.69, 9.17) is 5.73 Å². The van der Waals surface area contributed by atoms with E-state index in [1.54, 1.807) is 6.33 Å². The van der Waals surface area contributed by atoms with Crippen molar-refractivity contribution in [3.8, 4) is 0 Å². The van der Waals surface area contributed by atoms with Crippen molar-refractivity contribution in [3.05, 3.63) is 12.4 Å². The number of rotatable bonds is 7. The van der Waals surface area contributed by atoms with Crippen LogP contribution in [0, 0.1) is 0 Å². The minimum absolute atomic E-state index is 0.249. The van der Waals surface area contributed by atoms with Crippen LogP contribution >= 0.6 is 0 Å². The first-order valence-electron chi connectivity index (χ1n) is 6.10. The van der Waals surface area contributed by atoms with Crippen LogP contribution in [0.1, 0.15) is 33.6 Å². The quantitative estimate of drug-likeness (QED) is 0.631. The smallest absolute Gasteiger partial charge is 0.131 e. The monoisotopic (exact) mass is 237 g/mol. The maximum absolute atomic E-state index is 5.90. The van der Waals surface area contributed by atoms with Crippen LogP contribution in [0.2, 0.25) is 0 Å². The lowest BCUT2D eigenvalue weighted by Crippen LogP contribution is -2.39. The molecule has 0 atom stereocenters. The molecule has 0 fully saturated rings. The van der Waals surface area contributed by atoms with Crippen LogP contribution in [-0.4, -0.2) is 28.6 Å². The third-order valence-corrected chi connectivity index (χ3v) is 2.23. The largest absolute Gasteiger partial charge is 0.370 e. The topological polar surface area (TPSA) is 75.9 Å². The zero-order valence-electron chi connectivity index (χ0n) is 11.0. The van der Waals surface area contributed by atoms with Gasteiger partial charge in [-0.25, -0.2) is 9.97 Å². The van der Waals surface area contributed by atoms with Crippen LogP contribution in [0.4, 0.5) is 11.6 Å². The van der Waals surface area contributed by atoms with Crippen molar-refractivity contribution in [2.75, 3.05) is 23.7 Å². The lowest BCUT2D eigenvalue weighted by molar-refractivity contribution is 0.548. The van der Waals surface area contributed by atoms with Gasteiger partial charge in [0.1, 0.15) is 18.0 Å². The molecule has 1 aromatic rings. The van der Waals surface area contributed by atoms with Crippen molar-refractivity contribution >= 4 is 11.6 Å². The van der Waals surface area contributed by atoms with Gasteiger partial charge in [0.05, 0.1) is 0 Å². The van der Waals surface area contributed by atoms with Gasteiger partial charge in [-0.1, -0.05) is 13.3 Å². The van der Waals surface area contributed by atoms with Crippen LogP contribution in [0.15, 0.2) is 12.4 Å². The molecule has 0 bridgehead atoms. The summed E-state index contributed by atoms with van der Waals surface area (Å²) in [6.07, 6.45) is 3.87. The van der Waals surface area contributed by atoms with Crippen LogP contribution < -0.4 is 16.4 Å². The van der Waals surface area contributed by atoms with E-state index >= 15 is 0 Å². The molecule has 0 amide bonds. The number of aromatic nitrogens is 2. The molecule has 0 saturated heterocycles. The first kappa shape index (κ1) is 13.7.